The molecule has 0 aromatic heterocycles. The molecule has 2 rings (SSSR count). The van der Waals surface area contributed by atoms with Gasteiger partial charge in [0, 0.05) is 12.7 Å². The van der Waals surface area contributed by atoms with E-state index in [9.17, 15) is 13.2 Å². The van der Waals surface area contributed by atoms with E-state index in [1.807, 2.05) is 38.1 Å². The Morgan fingerprint density at radius 3 is 2.08 bits per heavy atom. The zero-order valence-corrected chi connectivity index (χ0v) is 15.1. The maximum atomic E-state index is 12.8. The number of carbonyl (C=O) groups excluding carboxylic acids is 1. The van der Waals surface area contributed by atoms with E-state index in [2.05, 4.69) is 5.32 Å². The molecule has 0 spiro atoms. The van der Waals surface area contributed by atoms with Crippen LogP contribution in [0.2, 0.25) is 0 Å². The van der Waals surface area contributed by atoms with Gasteiger partial charge in [-0.2, -0.15) is 4.31 Å². The maximum absolute atomic E-state index is 12.8. The van der Waals surface area contributed by atoms with E-state index in [1.54, 1.807) is 24.3 Å². The van der Waals surface area contributed by atoms with Crippen molar-refractivity contribution in [3.8, 4) is 0 Å². The van der Waals surface area contributed by atoms with E-state index in [1.165, 1.54) is 7.05 Å². The largest absolute Gasteiger partial charge is 0.324 e. The van der Waals surface area contributed by atoms with Crippen molar-refractivity contribution < 1.29 is 13.2 Å². The number of anilines is 1. The third-order valence-corrected chi connectivity index (χ3v) is 5.00. The van der Waals surface area contributed by atoms with Gasteiger partial charge < -0.3 is 5.32 Å². The van der Waals surface area contributed by atoms with Crippen molar-refractivity contribution in [1.82, 2.24) is 4.31 Å². The van der Waals surface area contributed by atoms with Crippen LogP contribution in [0.5, 0.6) is 0 Å². The summed E-state index contributed by atoms with van der Waals surface area (Å²) in [5.74, 6) is -0.390. The van der Waals surface area contributed by atoms with Crippen LogP contribution >= 0.6 is 0 Å². The fraction of sp³-hybridized carbons (Fsp3) is 0.278. The Hall–Kier alpha value is -2.18. The standard InChI is InChI=1S/C18H22N2O3S/c1-13-10-14(2)12-16(11-13)19-18(21)17(20(3)24(4,22)23)15-8-6-5-7-9-15/h5-12,17H,1-4H3,(H,19,21)/t17-/m1/s1. The summed E-state index contributed by atoms with van der Waals surface area (Å²) in [7, 11) is -2.12. The summed E-state index contributed by atoms with van der Waals surface area (Å²) in [6.45, 7) is 3.89. The molecule has 0 bridgehead atoms. The van der Waals surface area contributed by atoms with Gasteiger partial charge >= 0.3 is 0 Å². The van der Waals surface area contributed by atoms with Crippen molar-refractivity contribution in [2.24, 2.45) is 0 Å². The van der Waals surface area contributed by atoms with Crippen molar-refractivity contribution in [2.75, 3.05) is 18.6 Å². The summed E-state index contributed by atoms with van der Waals surface area (Å²) in [4.78, 5) is 12.8. The highest BCUT2D eigenvalue weighted by atomic mass is 32.2. The van der Waals surface area contributed by atoms with Crippen molar-refractivity contribution in [1.29, 1.82) is 0 Å². The number of likely N-dealkylation sites (N-methyl/N-ethyl adjacent to an activating group) is 1. The molecule has 0 unspecified atom stereocenters. The first-order valence-corrected chi connectivity index (χ1v) is 9.40. The van der Waals surface area contributed by atoms with Crippen molar-refractivity contribution >= 4 is 21.6 Å². The Bertz CT molecular complexity index is 812. The van der Waals surface area contributed by atoms with Gasteiger partial charge in [-0.25, -0.2) is 8.42 Å². The highest BCUT2D eigenvalue weighted by Crippen LogP contribution is 2.24. The Kier molecular flexibility index (Phi) is 5.41. The normalized spacial score (nSPS) is 12.9. The van der Waals surface area contributed by atoms with E-state index in [0.29, 0.717) is 11.3 Å². The smallest absolute Gasteiger partial charge is 0.247 e. The van der Waals surface area contributed by atoms with E-state index < -0.39 is 16.1 Å². The SMILES string of the molecule is Cc1cc(C)cc(NC(=O)[C@@H](c2ccccc2)N(C)S(C)(=O)=O)c1. The highest BCUT2D eigenvalue weighted by Gasteiger charge is 2.30. The molecule has 0 aliphatic heterocycles. The molecule has 128 valence electrons. The van der Waals surface area contributed by atoms with E-state index in [0.717, 1.165) is 21.7 Å². The maximum Gasteiger partial charge on any atom is 0.247 e. The molecule has 0 saturated heterocycles. The first kappa shape index (κ1) is 18.2. The van der Waals surface area contributed by atoms with Crippen molar-refractivity contribution in [2.45, 2.75) is 19.9 Å². The fourth-order valence-corrected chi connectivity index (χ4v) is 3.21. The highest BCUT2D eigenvalue weighted by molar-refractivity contribution is 7.88. The monoisotopic (exact) mass is 346 g/mol. The van der Waals surface area contributed by atoms with Gasteiger partial charge in [0.15, 0.2) is 0 Å². The Morgan fingerprint density at radius 1 is 1.04 bits per heavy atom. The summed E-state index contributed by atoms with van der Waals surface area (Å²) in [6.07, 6.45) is 1.09. The van der Waals surface area contributed by atoms with Gasteiger partial charge in [0.25, 0.3) is 0 Å². The van der Waals surface area contributed by atoms with E-state index >= 15 is 0 Å². The van der Waals surface area contributed by atoms with Crippen LogP contribution in [0.25, 0.3) is 0 Å². The van der Waals surface area contributed by atoms with E-state index in [4.69, 9.17) is 0 Å². The molecule has 1 atom stereocenters. The minimum atomic E-state index is -3.53. The number of amides is 1. The van der Waals surface area contributed by atoms with Crippen LogP contribution in [0.4, 0.5) is 5.69 Å². The predicted octanol–water partition coefficient (Wildman–Crippen LogP) is 2.87. The molecule has 1 amide bonds. The van der Waals surface area contributed by atoms with Gasteiger partial charge in [-0.15, -0.1) is 0 Å². The second-order valence-electron chi connectivity index (χ2n) is 5.96. The summed E-state index contributed by atoms with van der Waals surface area (Å²) in [5, 5.41) is 2.83. The summed E-state index contributed by atoms with van der Waals surface area (Å²) >= 11 is 0. The zero-order valence-electron chi connectivity index (χ0n) is 14.3. The van der Waals surface area contributed by atoms with Crippen molar-refractivity contribution in [3.05, 3.63) is 65.2 Å². The van der Waals surface area contributed by atoms with Crippen molar-refractivity contribution in [3.63, 3.8) is 0 Å². The number of benzene rings is 2. The van der Waals surface area contributed by atoms with Crippen LogP contribution in [0, 0.1) is 13.8 Å². The first-order chi connectivity index (χ1) is 11.2. The molecule has 0 fully saturated rings. The number of hydrogen-bond donors (Lipinski definition) is 1. The molecule has 0 saturated carbocycles. The lowest BCUT2D eigenvalue weighted by Gasteiger charge is -2.25. The second-order valence-corrected chi connectivity index (χ2v) is 8.00. The quantitative estimate of drug-likeness (QED) is 0.905. The molecule has 2 aromatic rings. The number of nitrogens with one attached hydrogen (secondary N) is 1. The first-order valence-electron chi connectivity index (χ1n) is 7.55. The molecule has 0 aliphatic rings. The van der Waals surface area contributed by atoms with Gasteiger partial charge in [0.2, 0.25) is 15.9 Å². The number of rotatable bonds is 5. The number of sulfonamides is 1. The number of aryl methyl sites for hydroxylation is 2. The average molecular weight is 346 g/mol. The molecular weight excluding hydrogens is 324 g/mol. The summed E-state index contributed by atoms with van der Waals surface area (Å²) in [5.41, 5.74) is 3.32. The zero-order chi connectivity index (χ0) is 17.9. The Morgan fingerprint density at radius 2 is 1.58 bits per heavy atom. The average Bonchev–Trinajstić information content (AvgIpc) is 2.46. The summed E-state index contributed by atoms with van der Waals surface area (Å²) in [6, 6.07) is 13.7. The van der Waals surface area contributed by atoms with E-state index in [-0.39, 0.29) is 5.91 Å². The Labute approximate surface area is 143 Å². The molecule has 6 heteroatoms. The Balaban J connectivity index is 2.38. The number of nitrogens with zero attached hydrogens (tertiary/aromatic N) is 1. The molecule has 2 aromatic carbocycles. The fourth-order valence-electron chi connectivity index (χ4n) is 2.61. The molecule has 0 radical (unpaired) electrons. The molecule has 0 heterocycles. The topological polar surface area (TPSA) is 66.5 Å². The molecular formula is C18H22N2O3S. The van der Waals surface area contributed by atoms with Gasteiger partial charge in [-0.3, -0.25) is 4.79 Å². The van der Waals surface area contributed by atoms with Gasteiger partial charge in [0.05, 0.1) is 6.26 Å². The second kappa shape index (κ2) is 7.15. The predicted molar refractivity (Wildman–Crippen MR) is 96.3 cm³/mol. The third-order valence-electron chi connectivity index (χ3n) is 3.74. The van der Waals surface area contributed by atoms with Crippen LogP contribution < -0.4 is 5.32 Å². The van der Waals surface area contributed by atoms with Gasteiger partial charge in [0.1, 0.15) is 6.04 Å². The van der Waals surface area contributed by atoms with Crippen LogP contribution in [0.3, 0.4) is 0 Å². The molecule has 5 nitrogen and oxygen atoms in total. The molecule has 24 heavy (non-hydrogen) atoms. The lowest BCUT2D eigenvalue weighted by atomic mass is 10.1. The molecule has 0 aliphatic carbocycles. The van der Waals surface area contributed by atoms with Crippen LogP contribution in [0.15, 0.2) is 48.5 Å². The minimum Gasteiger partial charge on any atom is -0.324 e. The molecule has 1 N–H and O–H groups in total. The van der Waals surface area contributed by atoms with Crippen LogP contribution in [-0.4, -0.2) is 31.9 Å². The van der Waals surface area contributed by atoms with Crippen LogP contribution in [-0.2, 0) is 14.8 Å². The van der Waals surface area contributed by atoms with Gasteiger partial charge in [-0.1, -0.05) is 36.4 Å². The van der Waals surface area contributed by atoms with Crippen LogP contribution in [0.1, 0.15) is 22.7 Å². The number of hydrogen-bond acceptors (Lipinski definition) is 3. The number of carbonyl (C=O) groups is 1. The lowest BCUT2D eigenvalue weighted by Crippen LogP contribution is -2.38. The summed E-state index contributed by atoms with van der Waals surface area (Å²) < 4.78 is 25.0. The lowest BCUT2D eigenvalue weighted by molar-refractivity contribution is -0.119. The third kappa shape index (κ3) is 4.43. The van der Waals surface area contributed by atoms with Gasteiger partial charge in [-0.05, 0) is 42.7 Å². The minimum absolute atomic E-state index is 0.390.